The Balaban J connectivity index is 1.67. The first-order chi connectivity index (χ1) is 16.0. The molecule has 0 radical (unpaired) electrons. The number of anilines is 1. The predicted octanol–water partition coefficient (Wildman–Crippen LogP) is 5.09. The average Bonchev–Trinajstić information content (AvgIpc) is 3.30. The lowest BCUT2D eigenvalue weighted by atomic mass is 9.81. The number of alkyl halides is 2. The van der Waals surface area contributed by atoms with Crippen LogP contribution in [0.1, 0.15) is 66.1 Å². The molecule has 5 rings (SSSR count). The van der Waals surface area contributed by atoms with Crippen molar-refractivity contribution in [2.45, 2.75) is 63.5 Å². The zero-order chi connectivity index (χ0) is 24.4. The minimum atomic E-state index is -2.92. The third kappa shape index (κ3) is 3.28. The number of aromatic nitrogens is 3. The van der Waals surface area contributed by atoms with Gasteiger partial charge in [0.05, 0.1) is 28.0 Å². The molecular formula is C24H23ClF2N4O3. The summed E-state index contributed by atoms with van der Waals surface area (Å²) < 4.78 is 31.5. The van der Waals surface area contributed by atoms with Crippen molar-refractivity contribution >= 4 is 34.2 Å². The number of carboxylic acid groups (broad SMARTS) is 1. The molecule has 7 nitrogen and oxygen atoms in total. The number of fused-ring (bicyclic) bond motifs is 3. The second-order valence-electron chi connectivity index (χ2n) is 9.23. The number of halogens is 3. The van der Waals surface area contributed by atoms with E-state index in [4.69, 9.17) is 16.6 Å². The molecule has 0 saturated heterocycles. The number of rotatable bonds is 4. The molecule has 2 N–H and O–H groups in total. The molecule has 3 aromatic rings. The fraction of sp³-hybridized carbons (Fsp3) is 0.417. The van der Waals surface area contributed by atoms with Crippen LogP contribution in [0.5, 0.6) is 0 Å². The van der Waals surface area contributed by atoms with Crippen molar-refractivity contribution in [3.05, 3.63) is 62.4 Å². The van der Waals surface area contributed by atoms with E-state index in [1.165, 1.54) is 16.7 Å². The fourth-order valence-electron chi connectivity index (χ4n) is 5.46. The highest BCUT2D eigenvalue weighted by molar-refractivity contribution is 6.29. The number of carbonyl (C=O) groups is 1. The standard InChI is InChI=1S/C24H23ClF2N4O3/c1-12-10-14(13(2)28-16-4-5-17(25)29-19(16)21(33)34)18-15(11-12)20(32)31-9-8-23(22(31)30-18)6-3-7-24(23,26)27/h4-5,10-11,13,28H,3,6-9H2,1-2H3,(H,33,34)/t13-,23+/m1/s1. The van der Waals surface area contributed by atoms with Crippen LogP contribution in [0.4, 0.5) is 14.5 Å². The van der Waals surface area contributed by atoms with Crippen molar-refractivity contribution < 1.29 is 18.7 Å². The first-order valence-electron chi connectivity index (χ1n) is 11.1. The van der Waals surface area contributed by atoms with E-state index in [0.717, 1.165) is 5.56 Å². The number of aryl methyl sites for hydroxylation is 1. The maximum atomic E-state index is 15.0. The Morgan fingerprint density at radius 3 is 2.68 bits per heavy atom. The zero-order valence-electron chi connectivity index (χ0n) is 18.7. The molecule has 178 valence electrons. The van der Waals surface area contributed by atoms with Gasteiger partial charge in [0.15, 0.2) is 5.69 Å². The Morgan fingerprint density at radius 2 is 2.00 bits per heavy atom. The van der Waals surface area contributed by atoms with Crippen LogP contribution in [0, 0.1) is 6.92 Å². The molecular weight excluding hydrogens is 466 g/mol. The summed E-state index contributed by atoms with van der Waals surface area (Å²) in [4.78, 5) is 33.6. The number of hydrogen-bond donors (Lipinski definition) is 2. The summed E-state index contributed by atoms with van der Waals surface area (Å²) in [7, 11) is 0. The molecule has 1 aromatic carbocycles. The summed E-state index contributed by atoms with van der Waals surface area (Å²) in [5, 5.41) is 13.0. The molecule has 0 bridgehead atoms. The van der Waals surface area contributed by atoms with Gasteiger partial charge in [-0.2, -0.15) is 0 Å². The number of benzene rings is 1. The molecule has 1 spiro atoms. The van der Waals surface area contributed by atoms with Gasteiger partial charge in [-0.3, -0.25) is 9.36 Å². The van der Waals surface area contributed by atoms with Crippen LogP contribution in [0.25, 0.3) is 10.9 Å². The van der Waals surface area contributed by atoms with Gasteiger partial charge in [-0.15, -0.1) is 0 Å². The van der Waals surface area contributed by atoms with E-state index >= 15 is 8.78 Å². The highest BCUT2D eigenvalue weighted by Crippen LogP contribution is 2.56. The lowest BCUT2D eigenvalue weighted by Gasteiger charge is -2.30. The van der Waals surface area contributed by atoms with Crippen molar-refractivity contribution in [1.29, 1.82) is 0 Å². The first-order valence-corrected chi connectivity index (χ1v) is 11.5. The molecule has 1 aliphatic heterocycles. The van der Waals surface area contributed by atoms with Crippen LogP contribution in [-0.2, 0) is 12.0 Å². The molecule has 1 saturated carbocycles. The maximum absolute atomic E-state index is 15.0. The Labute approximate surface area is 198 Å². The van der Waals surface area contributed by atoms with Crippen LogP contribution in [0.15, 0.2) is 29.1 Å². The molecule has 1 fully saturated rings. The van der Waals surface area contributed by atoms with Crippen LogP contribution in [0.2, 0.25) is 5.15 Å². The predicted molar refractivity (Wildman–Crippen MR) is 124 cm³/mol. The summed E-state index contributed by atoms with van der Waals surface area (Å²) in [5.74, 6) is -4.01. The lowest BCUT2D eigenvalue weighted by Crippen LogP contribution is -2.40. The van der Waals surface area contributed by atoms with Gasteiger partial charge in [-0.1, -0.05) is 17.7 Å². The molecule has 2 aromatic heterocycles. The Morgan fingerprint density at radius 1 is 1.24 bits per heavy atom. The summed E-state index contributed by atoms with van der Waals surface area (Å²) >= 11 is 5.86. The van der Waals surface area contributed by atoms with Crippen LogP contribution in [-0.4, -0.2) is 31.5 Å². The summed E-state index contributed by atoms with van der Waals surface area (Å²) in [6.45, 7) is 3.86. The van der Waals surface area contributed by atoms with Crippen LogP contribution in [0.3, 0.4) is 0 Å². The third-order valence-corrected chi connectivity index (χ3v) is 7.33. The van der Waals surface area contributed by atoms with Crippen molar-refractivity contribution in [1.82, 2.24) is 14.5 Å². The molecule has 10 heteroatoms. The van der Waals surface area contributed by atoms with Gasteiger partial charge < -0.3 is 10.4 Å². The Hall–Kier alpha value is -3.07. The van der Waals surface area contributed by atoms with E-state index in [0.29, 0.717) is 29.3 Å². The van der Waals surface area contributed by atoms with Gasteiger partial charge in [-0.05, 0) is 56.9 Å². The zero-order valence-corrected chi connectivity index (χ0v) is 19.4. The summed E-state index contributed by atoms with van der Waals surface area (Å²) in [5.41, 5.74) is 0.0361. The van der Waals surface area contributed by atoms with Gasteiger partial charge in [0, 0.05) is 18.5 Å². The largest absolute Gasteiger partial charge is 0.476 e. The molecule has 2 aliphatic rings. The van der Waals surface area contributed by atoms with E-state index in [-0.39, 0.29) is 47.3 Å². The number of hydrogen-bond acceptors (Lipinski definition) is 5. The fourth-order valence-corrected chi connectivity index (χ4v) is 5.61. The number of aromatic carboxylic acids is 1. The lowest BCUT2D eigenvalue weighted by molar-refractivity contribution is -0.0584. The number of pyridine rings is 1. The van der Waals surface area contributed by atoms with E-state index in [2.05, 4.69) is 10.3 Å². The van der Waals surface area contributed by atoms with Gasteiger partial charge in [0.2, 0.25) is 0 Å². The highest BCUT2D eigenvalue weighted by atomic mass is 35.5. The number of nitrogens with one attached hydrogen (secondary N) is 1. The Bertz CT molecular complexity index is 1410. The molecule has 0 amide bonds. The molecule has 3 heterocycles. The monoisotopic (exact) mass is 488 g/mol. The van der Waals surface area contributed by atoms with Crippen LogP contribution < -0.4 is 10.9 Å². The van der Waals surface area contributed by atoms with Crippen molar-refractivity contribution in [3.8, 4) is 0 Å². The first kappa shape index (κ1) is 22.7. The molecule has 34 heavy (non-hydrogen) atoms. The van der Waals surface area contributed by atoms with Gasteiger partial charge in [-0.25, -0.2) is 23.5 Å². The Kier molecular flexibility index (Phi) is 5.16. The SMILES string of the molecule is Cc1cc([C@@H](C)Nc2ccc(Cl)nc2C(=O)O)c2nc3n(c(=O)c2c1)CC[C@@]31CCCC1(F)F. The normalized spacial score (nSPS) is 21.7. The quantitative estimate of drug-likeness (QED) is 0.497. The second kappa shape index (κ2) is 7.73. The van der Waals surface area contributed by atoms with E-state index in [9.17, 15) is 14.7 Å². The summed E-state index contributed by atoms with van der Waals surface area (Å²) in [6, 6.07) is 6.04. The molecule has 1 aliphatic carbocycles. The maximum Gasteiger partial charge on any atom is 0.356 e. The average molecular weight is 489 g/mol. The minimum Gasteiger partial charge on any atom is -0.476 e. The third-order valence-electron chi connectivity index (χ3n) is 7.12. The number of nitrogens with zero attached hydrogens (tertiary/aromatic N) is 3. The molecule has 2 atom stereocenters. The number of carboxylic acids is 1. The minimum absolute atomic E-state index is 0.0460. The van der Waals surface area contributed by atoms with Crippen LogP contribution >= 0.6 is 11.6 Å². The van der Waals surface area contributed by atoms with Gasteiger partial charge in [0.25, 0.3) is 11.5 Å². The van der Waals surface area contributed by atoms with E-state index in [1.54, 1.807) is 13.0 Å². The van der Waals surface area contributed by atoms with Gasteiger partial charge >= 0.3 is 5.97 Å². The second-order valence-corrected chi connectivity index (χ2v) is 9.62. The van der Waals surface area contributed by atoms with Gasteiger partial charge in [0.1, 0.15) is 11.0 Å². The van der Waals surface area contributed by atoms with Crippen molar-refractivity contribution in [3.63, 3.8) is 0 Å². The van der Waals surface area contributed by atoms with E-state index < -0.39 is 23.3 Å². The van der Waals surface area contributed by atoms with Crippen molar-refractivity contribution in [2.75, 3.05) is 5.32 Å². The highest BCUT2D eigenvalue weighted by Gasteiger charge is 2.62. The van der Waals surface area contributed by atoms with E-state index in [1.807, 2.05) is 13.0 Å². The smallest absolute Gasteiger partial charge is 0.356 e. The molecule has 0 unspecified atom stereocenters. The topological polar surface area (TPSA) is 97.1 Å². The van der Waals surface area contributed by atoms with Crippen molar-refractivity contribution in [2.24, 2.45) is 0 Å². The summed E-state index contributed by atoms with van der Waals surface area (Å²) in [6.07, 6.45) is 0.673.